The number of aromatic nitrogens is 2. The number of aryl methyl sites for hydroxylation is 1. The normalized spacial score (nSPS) is 16.6. The Balaban J connectivity index is 1.87. The lowest BCUT2D eigenvalue weighted by molar-refractivity contribution is -0.0221. The Kier molecular flexibility index (Phi) is 5.31. The first-order valence-electron chi connectivity index (χ1n) is 8.45. The largest absolute Gasteiger partial charge is 0.355 e. The Bertz CT molecular complexity index is 1000. The zero-order valence-corrected chi connectivity index (χ0v) is 15.8. The molecule has 0 bridgehead atoms. The van der Waals surface area contributed by atoms with Gasteiger partial charge in [0.25, 0.3) is 11.8 Å². The summed E-state index contributed by atoms with van der Waals surface area (Å²) in [4.78, 5) is 22.3. The third-order valence-corrected chi connectivity index (χ3v) is 5.23. The molecule has 0 aliphatic carbocycles. The summed E-state index contributed by atoms with van der Waals surface area (Å²) in [5.74, 6) is -2.97. The van der Waals surface area contributed by atoms with Gasteiger partial charge in [-0.2, -0.15) is 0 Å². The van der Waals surface area contributed by atoms with Gasteiger partial charge in [0.05, 0.1) is 17.4 Å². The first-order chi connectivity index (χ1) is 13.0. The van der Waals surface area contributed by atoms with Crippen LogP contribution in [0.3, 0.4) is 0 Å². The fourth-order valence-electron chi connectivity index (χ4n) is 2.85. The monoisotopic (exact) mass is 411 g/mol. The molecule has 11 heteroatoms. The van der Waals surface area contributed by atoms with Crippen molar-refractivity contribution in [3.8, 4) is 0 Å². The average Bonchev–Trinajstić information content (AvgIpc) is 2.61. The number of hydrogen-bond acceptors (Lipinski definition) is 6. The van der Waals surface area contributed by atoms with Crippen LogP contribution >= 0.6 is 0 Å². The van der Waals surface area contributed by atoms with Crippen LogP contribution in [0.1, 0.15) is 28.9 Å². The van der Waals surface area contributed by atoms with Crippen molar-refractivity contribution in [2.45, 2.75) is 30.6 Å². The molecular weight excluding hydrogens is 392 g/mol. The third-order valence-electron chi connectivity index (χ3n) is 4.35. The minimum absolute atomic E-state index is 0.0756. The van der Waals surface area contributed by atoms with E-state index in [0.29, 0.717) is 11.5 Å². The van der Waals surface area contributed by atoms with Gasteiger partial charge in [0, 0.05) is 37.8 Å². The van der Waals surface area contributed by atoms with Crippen molar-refractivity contribution in [2.24, 2.45) is 5.14 Å². The number of nitrogens with one attached hydrogen (secondary N) is 1. The van der Waals surface area contributed by atoms with E-state index in [2.05, 4.69) is 15.3 Å². The molecule has 0 atom stereocenters. The molecule has 1 aliphatic rings. The fourth-order valence-corrected chi connectivity index (χ4v) is 3.35. The minimum atomic E-state index is -3.97. The van der Waals surface area contributed by atoms with E-state index >= 15 is 0 Å². The zero-order valence-electron chi connectivity index (χ0n) is 15.0. The highest BCUT2D eigenvalue weighted by molar-refractivity contribution is 7.89. The number of nitrogens with zero attached hydrogens (tertiary/aromatic N) is 3. The van der Waals surface area contributed by atoms with Crippen molar-refractivity contribution < 1.29 is 22.0 Å². The molecule has 3 heterocycles. The van der Waals surface area contributed by atoms with Gasteiger partial charge in [-0.05, 0) is 25.1 Å². The molecule has 0 spiro atoms. The Morgan fingerprint density at radius 2 is 1.93 bits per heavy atom. The highest BCUT2D eigenvalue weighted by atomic mass is 32.2. The number of piperidine rings is 1. The lowest BCUT2D eigenvalue weighted by atomic mass is 10.1. The summed E-state index contributed by atoms with van der Waals surface area (Å²) < 4.78 is 49.8. The Labute approximate surface area is 160 Å². The first kappa shape index (κ1) is 20.1. The summed E-state index contributed by atoms with van der Waals surface area (Å²) in [5, 5.41) is 7.62. The van der Waals surface area contributed by atoms with Crippen LogP contribution in [-0.2, 0) is 10.0 Å². The Hall–Kier alpha value is -2.66. The average molecular weight is 411 g/mol. The summed E-state index contributed by atoms with van der Waals surface area (Å²) in [6.07, 6.45) is 1.71. The smallest absolute Gasteiger partial charge is 0.259 e. The molecule has 2 aromatic rings. The van der Waals surface area contributed by atoms with Crippen LogP contribution < -0.4 is 15.4 Å². The summed E-state index contributed by atoms with van der Waals surface area (Å²) in [6.45, 7) is 1.89. The highest BCUT2D eigenvalue weighted by Gasteiger charge is 2.35. The van der Waals surface area contributed by atoms with Gasteiger partial charge < -0.3 is 10.2 Å². The number of carbonyl (C=O) groups excluding carboxylic acids is 1. The summed E-state index contributed by atoms with van der Waals surface area (Å²) >= 11 is 0. The fraction of sp³-hybridized carbons (Fsp3) is 0.353. The van der Waals surface area contributed by atoms with Crippen molar-refractivity contribution >= 4 is 27.4 Å². The van der Waals surface area contributed by atoms with Crippen molar-refractivity contribution in [1.29, 1.82) is 0 Å². The van der Waals surface area contributed by atoms with Crippen LogP contribution in [-0.4, -0.2) is 43.3 Å². The number of amides is 1. The molecule has 0 saturated carbocycles. The number of rotatable bonds is 4. The molecule has 1 fully saturated rings. The number of anilines is 2. The van der Waals surface area contributed by atoms with Gasteiger partial charge in [-0.1, -0.05) is 0 Å². The molecule has 28 heavy (non-hydrogen) atoms. The predicted molar refractivity (Wildman–Crippen MR) is 98.9 cm³/mol. The van der Waals surface area contributed by atoms with E-state index in [1.54, 1.807) is 24.0 Å². The number of alkyl halides is 2. The maximum atomic E-state index is 13.5. The van der Waals surface area contributed by atoms with Crippen LogP contribution in [0.4, 0.5) is 20.3 Å². The van der Waals surface area contributed by atoms with Gasteiger partial charge in [-0.3, -0.25) is 9.78 Å². The molecule has 8 nitrogen and oxygen atoms in total. The van der Waals surface area contributed by atoms with Crippen LogP contribution in [0.15, 0.2) is 35.5 Å². The van der Waals surface area contributed by atoms with Crippen LogP contribution in [0.25, 0.3) is 0 Å². The summed E-state index contributed by atoms with van der Waals surface area (Å²) in [6, 6.07) is 4.37. The molecule has 0 radical (unpaired) electrons. The number of primary sulfonamides is 1. The predicted octanol–water partition coefficient (Wildman–Crippen LogP) is 1.92. The molecule has 150 valence electrons. The molecule has 0 aromatic carbocycles. The van der Waals surface area contributed by atoms with E-state index < -0.39 is 21.9 Å². The molecule has 1 aliphatic heterocycles. The molecule has 1 saturated heterocycles. The molecule has 3 N–H and O–H groups in total. The van der Waals surface area contributed by atoms with Gasteiger partial charge in [-0.25, -0.2) is 27.3 Å². The summed E-state index contributed by atoms with van der Waals surface area (Å²) in [7, 11) is -3.97. The van der Waals surface area contributed by atoms with E-state index in [9.17, 15) is 22.0 Å². The maximum absolute atomic E-state index is 13.5. The van der Waals surface area contributed by atoms with Crippen LogP contribution in [0, 0.1) is 6.92 Å². The van der Waals surface area contributed by atoms with E-state index in [1.165, 1.54) is 12.3 Å². The van der Waals surface area contributed by atoms with Gasteiger partial charge in [0.2, 0.25) is 10.0 Å². The van der Waals surface area contributed by atoms with E-state index in [-0.39, 0.29) is 42.1 Å². The van der Waals surface area contributed by atoms with Crippen LogP contribution in [0.2, 0.25) is 0 Å². The van der Waals surface area contributed by atoms with Gasteiger partial charge in [-0.15, -0.1) is 0 Å². The van der Waals surface area contributed by atoms with Crippen LogP contribution in [0.5, 0.6) is 0 Å². The van der Waals surface area contributed by atoms with Gasteiger partial charge in [0.1, 0.15) is 10.7 Å². The van der Waals surface area contributed by atoms with Crippen molar-refractivity contribution in [1.82, 2.24) is 9.97 Å². The van der Waals surface area contributed by atoms with Crippen molar-refractivity contribution in [3.05, 3.63) is 41.9 Å². The Morgan fingerprint density at radius 3 is 2.57 bits per heavy atom. The van der Waals surface area contributed by atoms with Gasteiger partial charge in [0.15, 0.2) is 0 Å². The third kappa shape index (κ3) is 4.60. The minimum Gasteiger partial charge on any atom is -0.355 e. The maximum Gasteiger partial charge on any atom is 0.259 e. The molecular formula is C17H19F2N5O3S. The van der Waals surface area contributed by atoms with Crippen molar-refractivity contribution in [3.63, 3.8) is 0 Å². The van der Waals surface area contributed by atoms with Crippen molar-refractivity contribution in [2.75, 3.05) is 23.3 Å². The highest BCUT2D eigenvalue weighted by Crippen LogP contribution is 2.31. The lowest BCUT2D eigenvalue weighted by Crippen LogP contribution is -2.40. The number of hydrogen-bond donors (Lipinski definition) is 2. The first-order valence-corrected chi connectivity index (χ1v) is 9.99. The number of pyridine rings is 2. The van der Waals surface area contributed by atoms with Gasteiger partial charge >= 0.3 is 0 Å². The zero-order chi connectivity index (χ0) is 20.5. The second kappa shape index (κ2) is 7.40. The van der Waals surface area contributed by atoms with E-state index in [0.717, 1.165) is 6.20 Å². The second-order valence-corrected chi connectivity index (χ2v) is 8.14. The number of nitrogens with two attached hydrogens (primary N) is 1. The van der Waals surface area contributed by atoms with E-state index in [1.807, 2.05) is 0 Å². The summed E-state index contributed by atoms with van der Waals surface area (Å²) in [5.41, 5.74) is 0.965. The molecule has 0 unspecified atom stereocenters. The Morgan fingerprint density at radius 1 is 1.25 bits per heavy atom. The topological polar surface area (TPSA) is 118 Å². The SMILES string of the molecule is Cc1ccc(C(=O)Nc2cncc(S(N)(=O)=O)c2)c(N2CCC(F)(F)CC2)n1. The number of sulfonamides is 1. The molecule has 2 aromatic heterocycles. The second-order valence-electron chi connectivity index (χ2n) is 6.58. The standard InChI is InChI=1S/C17H19F2N5O3S/c1-11-2-3-14(15(22-11)24-6-4-17(18,19)5-7-24)16(25)23-12-8-13(10-21-9-12)28(20,26)27/h2-3,8-10H,4-7H2,1H3,(H,23,25)(H2,20,26,27). The number of carbonyl (C=O) groups is 1. The van der Waals surface area contributed by atoms with E-state index in [4.69, 9.17) is 5.14 Å². The molecule has 3 rings (SSSR count). The quantitative estimate of drug-likeness (QED) is 0.794. The lowest BCUT2D eigenvalue weighted by Gasteiger charge is -2.33. The number of halogens is 2. The molecule has 1 amide bonds.